The van der Waals surface area contributed by atoms with Crippen molar-refractivity contribution in [3.8, 4) is 0 Å². The number of hydrogen-bond acceptors (Lipinski definition) is 0. The summed E-state index contributed by atoms with van der Waals surface area (Å²) in [6.07, 6.45) is 4.83. The molecule has 0 bridgehead atoms. The van der Waals surface area contributed by atoms with E-state index in [1.54, 1.807) is 0 Å². The van der Waals surface area contributed by atoms with E-state index < -0.39 is 5.41 Å². The third-order valence-electron chi connectivity index (χ3n) is 10.3. The SMILES string of the molecule is C(=CC(c1ccccc1)(c1ccccc1)c1ccccc1)C(=C(C(=C(c1ccccc1)c1ccccc1)c1ccccc1)c1ccccc1)c1ccccc1. The highest BCUT2D eigenvalue weighted by Crippen LogP contribution is 2.47. The van der Waals surface area contributed by atoms with Crippen molar-refractivity contribution in [2.24, 2.45) is 0 Å². The van der Waals surface area contributed by atoms with Crippen LogP contribution in [0.5, 0.6) is 0 Å². The molecule has 0 saturated heterocycles. The third-order valence-corrected chi connectivity index (χ3v) is 10.3. The van der Waals surface area contributed by atoms with Gasteiger partial charge in [-0.15, -0.1) is 0 Å². The Morgan fingerprint density at radius 2 is 0.545 bits per heavy atom. The molecule has 0 aliphatic heterocycles. The van der Waals surface area contributed by atoms with Gasteiger partial charge in [-0.3, -0.25) is 0 Å². The summed E-state index contributed by atoms with van der Waals surface area (Å²) < 4.78 is 0. The van der Waals surface area contributed by atoms with Gasteiger partial charge in [0.1, 0.15) is 0 Å². The Balaban J connectivity index is 1.56. The number of benzene rings is 8. The van der Waals surface area contributed by atoms with Crippen molar-refractivity contribution in [1.82, 2.24) is 0 Å². The lowest BCUT2D eigenvalue weighted by Gasteiger charge is -2.33. The molecule has 0 aliphatic carbocycles. The Hall–Kier alpha value is -7.02. The first-order valence-electron chi connectivity index (χ1n) is 18.9. The molecule has 8 aromatic carbocycles. The number of rotatable bonds is 11. The van der Waals surface area contributed by atoms with Crippen LogP contribution in [0.15, 0.2) is 255 Å². The molecule has 0 amide bonds. The zero-order valence-corrected chi connectivity index (χ0v) is 30.7. The van der Waals surface area contributed by atoms with Crippen LogP contribution in [0.3, 0.4) is 0 Å². The molecule has 0 N–H and O–H groups in total. The highest BCUT2D eigenvalue weighted by Gasteiger charge is 2.34. The van der Waals surface area contributed by atoms with E-state index in [1.165, 1.54) is 22.3 Å². The molecule has 0 heterocycles. The molecule has 0 saturated carbocycles. The minimum Gasteiger partial charge on any atom is -0.0646 e. The fourth-order valence-corrected chi connectivity index (χ4v) is 7.76. The molecule has 8 aromatic rings. The standard InChI is InChI=1S/C55H42/c1-9-25-43(26-10-1)51(41-42-55(48-35-19-6-20-36-48,49-37-21-7-22-38-49)50-39-23-8-24-40-50)53(46-31-15-4-16-32-46)54(47-33-17-5-18-34-47)52(44-27-11-2-12-28-44)45-29-13-3-14-30-45/h1-42H. The topological polar surface area (TPSA) is 0 Å². The van der Waals surface area contributed by atoms with E-state index in [0.29, 0.717) is 0 Å². The second-order valence-corrected chi connectivity index (χ2v) is 13.6. The largest absolute Gasteiger partial charge is 0.0646 e. The second-order valence-electron chi connectivity index (χ2n) is 13.6. The van der Waals surface area contributed by atoms with Crippen LogP contribution in [0.1, 0.15) is 44.5 Å². The van der Waals surface area contributed by atoms with Crippen molar-refractivity contribution in [3.05, 3.63) is 299 Å². The van der Waals surface area contributed by atoms with Crippen molar-refractivity contribution < 1.29 is 0 Å². The summed E-state index contributed by atoms with van der Waals surface area (Å²) in [6.45, 7) is 0. The smallest absolute Gasteiger partial charge is 0.0635 e. The number of allylic oxidation sites excluding steroid dienone is 5. The van der Waals surface area contributed by atoms with Crippen LogP contribution < -0.4 is 0 Å². The average molecular weight is 703 g/mol. The summed E-state index contributed by atoms with van der Waals surface area (Å²) in [5.41, 5.74) is 13.4. The van der Waals surface area contributed by atoms with Gasteiger partial charge < -0.3 is 0 Å². The van der Waals surface area contributed by atoms with Crippen LogP contribution in [0.25, 0.3) is 22.3 Å². The third kappa shape index (κ3) is 7.45. The predicted molar refractivity (Wildman–Crippen MR) is 233 cm³/mol. The number of hydrogen-bond donors (Lipinski definition) is 0. The molecular weight excluding hydrogens is 661 g/mol. The van der Waals surface area contributed by atoms with Crippen LogP contribution in [0.4, 0.5) is 0 Å². The van der Waals surface area contributed by atoms with Gasteiger partial charge in [-0.1, -0.05) is 255 Å². The van der Waals surface area contributed by atoms with Crippen LogP contribution in [0, 0.1) is 0 Å². The van der Waals surface area contributed by atoms with E-state index in [-0.39, 0.29) is 0 Å². The molecule has 0 fully saturated rings. The predicted octanol–water partition coefficient (Wildman–Crippen LogP) is 13.8. The minimum atomic E-state index is -0.593. The van der Waals surface area contributed by atoms with E-state index in [9.17, 15) is 0 Å². The van der Waals surface area contributed by atoms with E-state index in [1.807, 2.05) is 0 Å². The highest BCUT2D eigenvalue weighted by atomic mass is 14.4. The molecule has 0 atom stereocenters. The van der Waals surface area contributed by atoms with E-state index in [4.69, 9.17) is 0 Å². The fraction of sp³-hybridized carbons (Fsp3) is 0.0182. The molecule has 0 radical (unpaired) electrons. The zero-order valence-electron chi connectivity index (χ0n) is 30.7. The summed E-state index contributed by atoms with van der Waals surface area (Å²) in [6, 6.07) is 87.1. The first-order valence-corrected chi connectivity index (χ1v) is 18.9. The monoisotopic (exact) mass is 702 g/mol. The van der Waals surface area contributed by atoms with Crippen LogP contribution in [-0.4, -0.2) is 0 Å². The molecule has 0 aromatic heterocycles. The summed E-state index contributed by atoms with van der Waals surface area (Å²) in [5, 5.41) is 0. The molecule has 262 valence electrons. The molecule has 55 heavy (non-hydrogen) atoms. The van der Waals surface area contributed by atoms with Crippen LogP contribution in [0.2, 0.25) is 0 Å². The molecule has 0 unspecified atom stereocenters. The Morgan fingerprint density at radius 3 is 0.891 bits per heavy atom. The van der Waals surface area contributed by atoms with Crippen LogP contribution in [-0.2, 0) is 5.41 Å². The molecule has 0 heteroatoms. The fourth-order valence-electron chi connectivity index (χ4n) is 7.76. The Morgan fingerprint density at radius 1 is 0.273 bits per heavy atom. The van der Waals surface area contributed by atoms with Crippen LogP contribution >= 0.6 is 0 Å². The molecule has 0 spiro atoms. The average Bonchev–Trinajstić information content (AvgIpc) is 3.28. The van der Waals surface area contributed by atoms with Crippen molar-refractivity contribution >= 4 is 22.3 Å². The Labute approximate surface area is 325 Å². The van der Waals surface area contributed by atoms with Gasteiger partial charge in [-0.05, 0) is 66.8 Å². The maximum absolute atomic E-state index is 2.44. The minimum absolute atomic E-state index is 0.593. The summed E-state index contributed by atoms with van der Waals surface area (Å²) in [7, 11) is 0. The quantitative estimate of drug-likeness (QED) is 0.0715. The maximum Gasteiger partial charge on any atom is 0.0635 e. The van der Waals surface area contributed by atoms with Gasteiger partial charge in [0, 0.05) is 0 Å². The summed E-state index contributed by atoms with van der Waals surface area (Å²) in [5.74, 6) is 0. The highest BCUT2D eigenvalue weighted by molar-refractivity contribution is 6.24. The van der Waals surface area contributed by atoms with Gasteiger partial charge in [0.05, 0.1) is 5.41 Å². The summed E-state index contributed by atoms with van der Waals surface area (Å²) >= 11 is 0. The van der Waals surface area contributed by atoms with Gasteiger partial charge in [-0.2, -0.15) is 0 Å². The van der Waals surface area contributed by atoms with E-state index in [2.05, 4.69) is 255 Å². The van der Waals surface area contributed by atoms with E-state index in [0.717, 1.165) is 44.5 Å². The zero-order chi connectivity index (χ0) is 37.1. The lowest BCUT2D eigenvalue weighted by molar-refractivity contribution is 0.779. The lowest BCUT2D eigenvalue weighted by Crippen LogP contribution is -2.27. The first-order chi connectivity index (χ1) is 27.3. The van der Waals surface area contributed by atoms with Gasteiger partial charge in [0.15, 0.2) is 0 Å². The van der Waals surface area contributed by atoms with Crippen molar-refractivity contribution in [3.63, 3.8) is 0 Å². The molecule has 0 nitrogen and oxygen atoms in total. The molecule has 8 rings (SSSR count). The molecular formula is C55H42. The Kier molecular flexibility index (Phi) is 10.7. The first kappa shape index (κ1) is 35.0. The Bertz CT molecular complexity index is 2360. The van der Waals surface area contributed by atoms with Crippen molar-refractivity contribution in [2.45, 2.75) is 5.41 Å². The molecule has 0 aliphatic rings. The van der Waals surface area contributed by atoms with Gasteiger partial charge in [-0.25, -0.2) is 0 Å². The van der Waals surface area contributed by atoms with E-state index >= 15 is 0 Å². The second kappa shape index (κ2) is 16.8. The van der Waals surface area contributed by atoms with Crippen molar-refractivity contribution in [1.29, 1.82) is 0 Å². The van der Waals surface area contributed by atoms with Crippen molar-refractivity contribution in [2.75, 3.05) is 0 Å². The summed E-state index contributed by atoms with van der Waals surface area (Å²) in [4.78, 5) is 0. The van der Waals surface area contributed by atoms with Gasteiger partial charge >= 0.3 is 0 Å². The van der Waals surface area contributed by atoms with Gasteiger partial charge in [0.2, 0.25) is 0 Å². The maximum atomic E-state index is 2.44. The lowest BCUT2D eigenvalue weighted by atomic mass is 9.68. The van der Waals surface area contributed by atoms with Gasteiger partial charge in [0.25, 0.3) is 0 Å². The normalized spacial score (nSPS) is 11.9.